The van der Waals surface area contributed by atoms with Crippen LogP contribution in [-0.4, -0.2) is 68.3 Å². The number of likely N-dealkylation sites (tertiary alicyclic amines) is 1. The SMILES string of the molecule is O=C(NCc1ccccc1S(=O)(=O)N1CCOCC1)[C@@H]1CC(=O)N(C2CCCC2)C1. The maximum absolute atomic E-state index is 13.0. The van der Waals surface area contributed by atoms with Gasteiger partial charge < -0.3 is 15.0 Å². The molecule has 164 valence electrons. The Bertz CT molecular complexity index is 892. The van der Waals surface area contributed by atoms with Crippen LogP contribution in [0.1, 0.15) is 37.7 Å². The molecule has 30 heavy (non-hydrogen) atoms. The first kappa shape index (κ1) is 21.3. The van der Waals surface area contributed by atoms with Crippen LogP contribution in [0.25, 0.3) is 0 Å². The lowest BCUT2D eigenvalue weighted by Gasteiger charge is -2.27. The van der Waals surface area contributed by atoms with E-state index < -0.39 is 10.0 Å². The Kier molecular flexibility index (Phi) is 6.40. The number of sulfonamides is 1. The molecule has 4 rings (SSSR count). The molecule has 0 aromatic heterocycles. The second-order valence-corrected chi connectivity index (χ2v) is 10.1. The fraction of sp³-hybridized carbons (Fsp3) is 0.619. The van der Waals surface area contributed by atoms with Crippen LogP contribution in [0.5, 0.6) is 0 Å². The molecule has 8 nitrogen and oxygen atoms in total. The fourth-order valence-electron chi connectivity index (χ4n) is 4.63. The van der Waals surface area contributed by atoms with Gasteiger partial charge in [-0.05, 0) is 24.5 Å². The van der Waals surface area contributed by atoms with Crippen molar-refractivity contribution >= 4 is 21.8 Å². The Morgan fingerprint density at radius 2 is 1.83 bits per heavy atom. The van der Waals surface area contributed by atoms with Crippen LogP contribution in [0, 0.1) is 5.92 Å². The molecule has 1 aliphatic carbocycles. The topological polar surface area (TPSA) is 96.0 Å². The smallest absolute Gasteiger partial charge is 0.243 e. The highest BCUT2D eigenvalue weighted by Crippen LogP contribution is 2.29. The molecular formula is C21H29N3O5S. The van der Waals surface area contributed by atoms with Gasteiger partial charge in [-0.15, -0.1) is 0 Å². The number of benzene rings is 1. The van der Waals surface area contributed by atoms with E-state index >= 15 is 0 Å². The van der Waals surface area contributed by atoms with E-state index in [0.717, 1.165) is 25.7 Å². The van der Waals surface area contributed by atoms with Crippen LogP contribution in [-0.2, 0) is 30.9 Å². The van der Waals surface area contributed by atoms with Gasteiger partial charge in [-0.25, -0.2) is 8.42 Å². The van der Waals surface area contributed by atoms with Crippen LogP contribution in [0.3, 0.4) is 0 Å². The van der Waals surface area contributed by atoms with E-state index in [-0.39, 0.29) is 41.6 Å². The summed E-state index contributed by atoms with van der Waals surface area (Å²) in [5.74, 6) is -0.513. The van der Waals surface area contributed by atoms with Crippen LogP contribution in [0.2, 0.25) is 0 Å². The van der Waals surface area contributed by atoms with Crippen molar-refractivity contribution in [3.63, 3.8) is 0 Å². The normalized spacial score (nSPS) is 23.8. The molecule has 2 heterocycles. The molecule has 1 aromatic rings. The van der Waals surface area contributed by atoms with Gasteiger partial charge in [0.25, 0.3) is 0 Å². The summed E-state index contributed by atoms with van der Waals surface area (Å²) in [7, 11) is -3.65. The van der Waals surface area contributed by atoms with E-state index in [1.165, 1.54) is 4.31 Å². The van der Waals surface area contributed by atoms with Gasteiger partial charge in [-0.3, -0.25) is 9.59 Å². The average Bonchev–Trinajstić information content (AvgIpc) is 3.42. The van der Waals surface area contributed by atoms with E-state index in [1.807, 2.05) is 4.90 Å². The van der Waals surface area contributed by atoms with Gasteiger partial charge in [0.05, 0.1) is 24.0 Å². The predicted octanol–water partition coefficient (Wildman–Crippen LogP) is 1.11. The lowest BCUT2D eigenvalue weighted by Crippen LogP contribution is -2.41. The number of ether oxygens (including phenoxy) is 1. The van der Waals surface area contributed by atoms with Gasteiger partial charge in [-0.1, -0.05) is 31.0 Å². The quantitative estimate of drug-likeness (QED) is 0.722. The lowest BCUT2D eigenvalue weighted by molar-refractivity contribution is -0.130. The molecule has 0 bridgehead atoms. The fourth-order valence-corrected chi connectivity index (χ4v) is 6.26. The van der Waals surface area contributed by atoms with Crippen molar-refractivity contribution in [3.05, 3.63) is 29.8 Å². The summed E-state index contributed by atoms with van der Waals surface area (Å²) in [6.45, 7) is 1.99. The number of hydrogen-bond acceptors (Lipinski definition) is 5. The average molecular weight is 436 g/mol. The number of carbonyl (C=O) groups excluding carboxylic acids is 2. The number of carbonyl (C=O) groups is 2. The minimum atomic E-state index is -3.65. The maximum Gasteiger partial charge on any atom is 0.243 e. The lowest BCUT2D eigenvalue weighted by atomic mass is 10.1. The van der Waals surface area contributed by atoms with E-state index in [1.54, 1.807) is 24.3 Å². The van der Waals surface area contributed by atoms with Crippen molar-refractivity contribution in [2.24, 2.45) is 5.92 Å². The van der Waals surface area contributed by atoms with Gasteiger partial charge >= 0.3 is 0 Å². The summed E-state index contributed by atoms with van der Waals surface area (Å²) >= 11 is 0. The molecule has 1 saturated carbocycles. The summed E-state index contributed by atoms with van der Waals surface area (Å²) < 4.78 is 32.8. The predicted molar refractivity (Wildman–Crippen MR) is 110 cm³/mol. The Morgan fingerprint density at radius 3 is 2.57 bits per heavy atom. The zero-order chi connectivity index (χ0) is 21.1. The first-order chi connectivity index (χ1) is 14.5. The molecule has 0 radical (unpaired) electrons. The Hall–Kier alpha value is -1.97. The molecule has 3 aliphatic rings. The van der Waals surface area contributed by atoms with Crippen molar-refractivity contribution < 1.29 is 22.7 Å². The summed E-state index contributed by atoms with van der Waals surface area (Å²) in [6.07, 6.45) is 4.55. The molecule has 9 heteroatoms. The largest absolute Gasteiger partial charge is 0.379 e. The van der Waals surface area contributed by atoms with Crippen LogP contribution >= 0.6 is 0 Å². The molecule has 3 fully saturated rings. The highest BCUT2D eigenvalue weighted by Gasteiger charge is 2.38. The van der Waals surface area contributed by atoms with Gasteiger partial charge in [0, 0.05) is 38.6 Å². The number of nitrogens with one attached hydrogen (secondary N) is 1. The van der Waals surface area contributed by atoms with Crippen molar-refractivity contribution in [1.82, 2.24) is 14.5 Å². The molecule has 2 saturated heterocycles. The molecule has 1 atom stereocenters. The second kappa shape index (κ2) is 9.03. The van der Waals surface area contributed by atoms with E-state index in [2.05, 4.69) is 5.32 Å². The zero-order valence-electron chi connectivity index (χ0n) is 17.1. The first-order valence-corrected chi connectivity index (χ1v) is 12.1. The van der Waals surface area contributed by atoms with Crippen LogP contribution in [0.4, 0.5) is 0 Å². The van der Waals surface area contributed by atoms with Gasteiger partial charge in [0.15, 0.2) is 0 Å². The van der Waals surface area contributed by atoms with Gasteiger partial charge in [0.2, 0.25) is 21.8 Å². The molecule has 1 aromatic carbocycles. The Balaban J connectivity index is 1.41. The summed E-state index contributed by atoms with van der Waals surface area (Å²) in [5.41, 5.74) is 0.550. The van der Waals surface area contributed by atoms with Crippen molar-refractivity contribution in [2.45, 2.75) is 49.6 Å². The van der Waals surface area contributed by atoms with Gasteiger partial charge in [0.1, 0.15) is 0 Å². The van der Waals surface area contributed by atoms with Gasteiger partial charge in [-0.2, -0.15) is 4.31 Å². The Morgan fingerprint density at radius 1 is 1.13 bits per heavy atom. The highest BCUT2D eigenvalue weighted by atomic mass is 32.2. The molecule has 1 N–H and O–H groups in total. The van der Waals surface area contributed by atoms with Crippen molar-refractivity contribution in [1.29, 1.82) is 0 Å². The zero-order valence-corrected chi connectivity index (χ0v) is 17.9. The molecule has 2 aliphatic heterocycles. The maximum atomic E-state index is 13.0. The Labute approximate surface area is 177 Å². The molecule has 0 spiro atoms. The number of hydrogen-bond donors (Lipinski definition) is 1. The number of morpholine rings is 1. The van der Waals surface area contributed by atoms with E-state index in [4.69, 9.17) is 4.74 Å². The number of nitrogens with zero attached hydrogens (tertiary/aromatic N) is 2. The second-order valence-electron chi connectivity index (χ2n) is 8.23. The molecule has 2 amide bonds. The summed E-state index contributed by atoms with van der Waals surface area (Å²) in [6, 6.07) is 7.02. The van der Waals surface area contributed by atoms with Crippen LogP contribution in [0.15, 0.2) is 29.2 Å². The number of rotatable bonds is 6. The number of amides is 2. The van der Waals surface area contributed by atoms with E-state index in [9.17, 15) is 18.0 Å². The van der Waals surface area contributed by atoms with Crippen LogP contribution < -0.4 is 5.32 Å². The molecule has 0 unspecified atom stereocenters. The summed E-state index contributed by atoms with van der Waals surface area (Å²) in [5, 5.41) is 2.86. The minimum absolute atomic E-state index is 0.0531. The third-order valence-electron chi connectivity index (χ3n) is 6.31. The summed E-state index contributed by atoms with van der Waals surface area (Å²) in [4.78, 5) is 27.2. The standard InChI is InChI=1S/C21H29N3O5S/c25-20-13-17(15-24(20)18-6-2-3-7-18)21(26)22-14-16-5-1-4-8-19(16)30(27,28)23-9-11-29-12-10-23/h1,4-5,8,17-18H,2-3,6-7,9-15H2,(H,22,26)/t17-/m1/s1. The first-order valence-electron chi connectivity index (χ1n) is 10.7. The van der Waals surface area contributed by atoms with Crippen molar-refractivity contribution in [2.75, 3.05) is 32.8 Å². The molecular weight excluding hydrogens is 406 g/mol. The monoisotopic (exact) mass is 435 g/mol. The third kappa shape index (κ3) is 4.38. The highest BCUT2D eigenvalue weighted by molar-refractivity contribution is 7.89. The third-order valence-corrected chi connectivity index (χ3v) is 8.31. The van der Waals surface area contributed by atoms with Crippen molar-refractivity contribution in [3.8, 4) is 0 Å². The van der Waals surface area contributed by atoms with E-state index in [0.29, 0.717) is 38.4 Å². The minimum Gasteiger partial charge on any atom is -0.379 e.